The number of carbonyl (C=O) groups excluding carboxylic acids is 3. The van der Waals surface area contributed by atoms with E-state index in [1.807, 2.05) is 31.2 Å². The summed E-state index contributed by atoms with van der Waals surface area (Å²) in [6, 6.07) is 18.6. The third kappa shape index (κ3) is 5.34. The van der Waals surface area contributed by atoms with E-state index in [1.165, 1.54) is 18.4 Å². The standard InChI is InChI=1S/C24H19N3O6/c1-15-8-10-16(11-9-15)19-13-22(33-27-19)26-21(28)14-32-24(30)17-5-2-3-6-18(17)25-23(29)20-7-4-12-31-20/h2-13H,14H2,1H3,(H,25,29)(H,26,28). The Bertz CT molecular complexity index is 1280. The van der Waals surface area contributed by atoms with Gasteiger partial charge < -0.3 is 19.0 Å². The van der Waals surface area contributed by atoms with Crippen molar-refractivity contribution in [3.8, 4) is 11.3 Å². The molecular formula is C24H19N3O6. The molecule has 0 spiro atoms. The fourth-order valence-electron chi connectivity index (χ4n) is 2.94. The summed E-state index contributed by atoms with van der Waals surface area (Å²) in [6.45, 7) is 1.42. The van der Waals surface area contributed by atoms with E-state index in [9.17, 15) is 14.4 Å². The largest absolute Gasteiger partial charge is 0.459 e. The van der Waals surface area contributed by atoms with Crippen LogP contribution in [0.1, 0.15) is 26.5 Å². The maximum Gasteiger partial charge on any atom is 0.340 e. The van der Waals surface area contributed by atoms with E-state index < -0.39 is 24.4 Å². The van der Waals surface area contributed by atoms with Gasteiger partial charge in [0.25, 0.3) is 11.8 Å². The number of hydrogen-bond donors (Lipinski definition) is 2. The summed E-state index contributed by atoms with van der Waals surface area (Å²) in [6.07, 6.45) is 1.37. The lowest BCUT2D eigenvalue weighted by Gasteiger charge is -2.10. The Morgan fingerprint density at radius 2 is 1.76 bits per heavy atom. The molecule has 33 heavy (non-hydrogen) atoms. The summed E-state index contributed by atoms with van der Waals surface area (Å²) in [5, 5.41) is 9.00. The number of amides is 2. The minimum absolute atomic E-state index is 0.0894. The van der Waals surface area contributed by atoms with Gasteiger partial charge in [0, 0.05) is 11.6 Å². The molecule has 0 aliphatic rings. The van der Waals surface area contributed by atoms with Crippen LogP contribution in [0.2, 0.25) is 0 Å². The molecular weight excluding hydrogens is 426 g/mol. The number of carbonyl (C=O) groups is 3. The molecule has 0 aliphatic heterocycles. The van der Waals surface area contributed by atoms with Gasteiger partial charge in [-0.2, -0.15) is 0 Å². The van der Waals surface area contributed by atoms with Crippen molar-refractivity contribution in [2.24, 2.45) is 0 Å². The maximum absolute atomic E-state index is 12.5. The normalized spacial score (nSPS) is 10.5. The van der Waals surface area contributed by atoms with Crippen molar-refractivity contribution in [2.75, 3.05) is 17.2 Å². The Labute approximate surface area is 188 Å². The average molecular weight is 445 g/mol. The number of ether oxygens (including phenoxy) is 1. The second kappa shape index (κ2) is 9.65. The van der Waals surface area contributed by atoms with Crippen LogP contribution in [0.15, 0.2) is 81.9 Å². The molecule has 2 heterocycles. The second-order valence-electron chi connectivity index (χ2n) is 7.04. The molecule has 0 atom stereocenters. The number of esters is 1. The van der Waals surface area contributed by atoms with Crippen LogP contribution in [-0.2, 0) is 9.53 Å². The molecule has 2 aromatic heterocycles. The molecule has 0 bridgehead atoms. The minimum Gasteiger partial charge on any atom is -0.459 e. The lowest BCUT2D eigenvalue weighted by Crippen LogP contribution is -2.21. The van der Waals surface area contributed by atoms with Crippen LogP contribution in [-0.4, -0.2) is 29.5 Å². The fourth-order valence-corrected chi connectivity index (χ4v) is 2.94. The van der Waals surface area contributed by atoms with Crippen molar-refractivity contribution in [3.05, 3.63) is 89.9 Å². The van der Waals surface area contributed by atoms with E-state index in [-0.39, 0.29) is 22.9 Å². The SMILES string of the molecule is Cc1ccc(-c2cc(NC(=O)COC(=O)c3ccccc3NC(=O)c3ccco3)on2)cc1. The molecule has 4 rings (SSSR count). The Morgan fingerprint density at radius 1 is 0.970 bits per heavy atom. The van der Waals surface area contributed by atoms with Crippen molar-refractivity contribution in [2.45, 2.75) is 6.92 Å². The number of furan rings is 1. The van der Waals surface area contributed by atoms with Crippen molar-refractivity contribution in [3.63, 3.8) is 0 Å². The zero-order chi connectivity index (χ0) is 23.2. The van der Waals surface area contributed by atoms with E-state index >= 15 is 0 Å². The zero-order valence-corrected chi connectivity index (χ0v) is 17.5. The molecule has 2 aromatic carbocycles. The first-order valence-corrected chi connectivity index (χ1v) is 9.94. The highest BCUT2D eigenvalue weighted by Crippen LogP contribution is 2.22. The number of para-hydroxylation sites is 1. The third-order valence-electron chi connectivity index (χ3n) is 4.59. The number of rotatable bonds is 7. The van der Waals surface area contributed by atoms with Crippen molar-refractivity contribution >= 4 is 29.4 Å². The van der Waals surface area contributed by atoms with Crippen LogP contribution < -0.4 is 10.6 Å². The monoisotopic (exact) mass is 445 g/mol. The first kappa shape index (κ1) is 21.6. The van der Waals surface area contributed by atoms with Gasteiger partial charge >= 0.3 is 5.97 Å². The molecule has 9 heteroatoms. The lowest BCUT2D eigenvalue weighted by atomic mass is 10.1. The van der Waals surface area contributed by atoms with Gasteiger partial charge in [-0.25, -0.2) is 4.79 Å². The number of anilines is 2. The zero-order valence-electron chi connectivity index (χ0n) is 17.5. The van der Waals surface area contributed by atoms with E-state index in [1.54, 1.807) is 30.3 Å². The summed E-state index contributed by atoms with van der Waals surface area (Å²) in [7, 11) is 0. The van der Waals surface area contributed by atoms with E-state index in [0.29, 0.717) is 5.69 Å². The highest BCUT2D eigenvalue weighted by Gasteiger charge is 2.18. The second-order valence-corrected chi connectivity index (χ2v) is 7.04. The number of benzene rings is 2. The van der Waals surface area contributed by atoms with Gasteiger partial charge in [0.2, 0.25) is 5.88 Å². The number of nitrogens with one attached hydrogen (secondary N) is 2. The van der Waals surface area contributed by atoms with Crippen LogP contribution in [0.5, 0.6) is 0 Å². The van der Waals surface area contributed by atoms with Gasteiger partial charge in [-0.05, 0) is 31.2 Å². The predicted molar refractivity (Wildman–Crippen MR) is 119 cm³/mol. The predicted octanol–water partition coefficient (Wildman–Crippen LogP) is 4.29. The maximum atomic E-state index is 12.5. The van der Waals surface area contributed by atoms with Crippen LogP contribution in [0.3, 0.4) is 0 Å². The molecule has 0 fully saturated rings. The van der Waals surface area contributed by atoms with Crippen molar-refractivity contribution < 1.29 is 28.1 Å². The number of nitrogens with zero attached hydrogens (tertiary/aromatic N) is 1. The molecule has 9 nitrogen and oxygen atoms in total. The molecule has 0 unspecified atom stereocenters. The van der Waals surface area contributed by atoms with Gasteiger partial charge in [-0.15, -0.1) is 0 Å². The third-order valence-corrected chi connectivity index (χ3v) is 4.59. The Kier molecular flexibility index (Phi) is 6.31. The molecule has 166 valence electrons. The Hall–Kier alpha value is -4.66. The van der Waals surface area contributed by atoms with Crippen LogP contribution in [0.4, 0.5) is 11.6 Å². The smallest absolute Gasteiger partial charge is 0.340 e. The minimum atomic E-state index is -0.779. The van der Waals surface area contributed by atoms with Gasteiger partial charge in [0.15, 0.2) is 12.4 Å². The summed E-state index contributed by atoms with van der Waals surface area (Å²) in [4.78, 5) is 36.9. The fraction of sp³-hybridized carbons (Fsp3) is 0.0833. The Morgan fingerprint density at radius 3 is 2.52 bits per heavy atom. The van der Waals surface area contributed by atoms with Gasteiger partial charge in [0.05, 0.1) is 17.5 Å². The average Bonchev–Trinajstić information content (AvgIpc) is 3.51. The molecule has 0 saturated carbocycles. The highest BCUT2D eigenvalue weighted by atomic mass is 16.5. The molecule has 4 aromatic rings. The summed E-state index contributed by atoms with van der Waals surface area (Å²) in [5.74, 6) is -1.69. The van der Waals surface area contributed by atoms with E-state index in [0.717, 1.165) is 11.1 Å². The summed E-state index contributed by atoms with van der Waals surface area (Å²) >= 11 is 0. The van der Waals surface area contributed by atoms with Crippen LogP contribution in [0.25, 0.3) is 11.3 Å². The number of aryl methyl sites for hydroxylation is 1. The van der Waals surface area contributed by atoms with Gasteiger partial charge in [0.1, 0.15) is 5.69 Å². The van der Waals surface area contributed by atoms with Gasteiger partial charge in [-0.3, -0.25) is 14.9 Å². The molecule has 0 aliphatic carbocycles. The molecule has 2 N–H and O–H groups in total. The van der Waals surface area contributed by atoms with E-state index in [4.69, 9.17) is 13.7 Å². The molecule has 0 radical (unpaired) electrons. The summed E-state index contributed by atoms with van der Waals surface area (Å²) < 4.78 is 15.3. The van der Waals surface area contributed by atoms with Gasteiger partial charge in [-0.1, -0.05) is 47.1 Å². The topological polar surface area (TPSA) is 124 Å². The Balaban J connectivity index is 1.34. The van der Waals surface area contributed by atoms with Crippen molar-refractivity contribution in [1.82, 2.24) is 5.16 Å². The first-order valence-electron chi connectivity index (χ1n) is 9.94. The van der Waals surface area contributed by atoms with Crippen LogP contribution in [0, 0.1) is 6.92 Å². The van der Waals surface area contributed by atoms with Crippen molar-refractivity contribution in [1.29, 1.82) is 0 Å². The highest BCUT2D eigenvalue weighted by molar-refractivity contribution is 6.07. The number of aromatic nitrogens is 1. The summed E-state index contributed by atoms with van der Waals surface area (Å²) in [5.41, 5.74) is 2.82. The molecule has 2 amide bonds. The van der Waals surface area contributed by atoms with E-state index in [2.05, 4.69) is 15.8 Å². The van der Waals surface area contributed by atoms with Crippen LogP contribution >= 0.6 is 0 Å². The first-order chi connectivity index (χ1) is 16.0. The quantitative estimate of drug-likeness (QED) is 0.407. The molecule has 0 saturated heterocycles. The number of hydrogen-bond acceptors (Lipinski definition) is 7. The lowest BCUT2D eigenvalue weighted by molar-refractivity contribution is -0.119.